The molecule has 0 saturated heterocycles. The molecular formula is C4H10N4OS. The zero-order valence-corrected chi connectivity index (χ0v) is 6.24. The van der Waals surface area contributed by atoms with Gasteiger partial charge in [0, 0.05) is 13.3 Å². The Bertz CT molecular complexity index is 118. The first-order valence-corrected chi connectivity index (χ1v) is 3.07. The average molecular weight is 162 g/mol. The number of hydrazone groups is 1. The summed E-state index contributed by atoms with van der Waals surface area (Å²) in [6, 6.07) is 0. The van der Waals surface area contributed by atoms with Crippen LogP contribution in [0.3, 0.4) is 0 Å². The third kappa shape index (κ3) is 5.42. The van der Waals surface area contributed by atoms with Gasteiger partial charge < -0.3 is 5.11 Å². The molecule has 0 heterocycles. The maximum Gasteiger partial charge on any atom is 0.201 e. The van der Waals surface area contributed by atoms with Crippen LogP contribution in [-0.2, 0) is 0 Å². The Morgan fingerprint density at radius 1 is 1.70 bits per heavy atom. The highest BCUT2D eigenvalue weighted by atomic mass is 32.1. The van der Waals surface area contributed by atoms with Crippen molar-refractivity contribution in [3.63, 3.8) is 0 Å². The quantitative estimate of drug-likeness (QED) is 0.176. The van der Waals surface area contributed by atoms with Gasteiger partial charge in [-0.3, -0.25) is 10.9 Å². The van der Waals surface area contributed by atoms with Crippen molar-refractivity contribution >= 4 is 24.0 Å². The molecular weight excluding hydrogens is 152 g/mol. The Labute approximate surface area is 64.5 Å². The van der Waals surface area contributed by atoms with Crippen LogP contribution in [0.15, 0.2) is 5.10 Å². The number of hydrogen-bond acceptors (Lipinski definition) is 4. The van der Waals surface area contributed by atoms with E-state index >= 15 is 0 Å². The largest absolute Gasteiger partial charge is 0.395 e. The Morgan fingerprint density at radius 2 is 2.40 bits per heavy atom. The molecule has 0 spiro atoms. The fraction of sp³-hybridized carbons (Fsp3) is 0.500. The van der Waals surface area contributed by atoms with E-state index in [9.17, 15) is 0 Å². The minimum Gasteiger partial charge on any atom is -0.395 e. The first kappa shape index (κ1) is 9.28. The molecule has 0 aromatic heterocycles. The first-order valence-electron chi connectivity index (χ1n) is 2.66. The van der Waals surface area contributed by atoms with Crippen molar-refractivity contribution in [2.45, 2.75) is 0 Å². The van der Waals surface area contributed by atoms with Crippen molar-refractivity contribution in [2.24, 2.45) is 5.10 Å². The number of thiocarbonyl (C=S) groups is 1. The zero-order valence-electron chi connectivity index (χ0n) is 5.42. The van der Waals surface area contributed by atoms with Crippen molar-refractivity contribution in [1.29, 1.82) is 0 Å². The molecule has 58 valence electrons. The lowest BCUT2D eigenvalue weighted by Gasteiger charge is -2.05. The van der Waals surface area contributed by atoms with Crippen molar-refractivity contribution in [3.05, 3.63) is 0 Å². The molecule has 0 aromatic carbocycles. The van der Waals surface area contributed by atoms with Gasteiger partial charge in [-0.25, -0.2) is 5.43 Å². The molecule has 0 amide bonds. The molecule has 0 radical (unpaired) electrons. The van der Waals surface area contributed by atoms with Gasteiger partial charge in [-0.15, -0.1) is 0 Å². The molecule has 0 saturated carbocycles. The highest BCUT2D eigenvalue weighted by Gasteiger charge is 1.87. The molecule has 0 rings (SSSR count). The molecule has 0 aliphatic carbocycles. The number of aliphatic hydroxyl groups is 1. The second kappa shape index (κ2) is 6.40. The SMILES string of the molecule is C=NNC(=S)NNCCO. The molecule has 5 nitrogen and oxygen atoms in total. The predicted molar refractivity (Wildman–Crippen MR) is 43.5 cm³/mol. The fourth-order valence-corrected chi connectivity index (χ4v) is 0.435. The van der Waals surface area contributed by atoms with E-state index in [1.54, 1.807) is 0 Å². The summed E-state index contributed by atoms with van der Waals surface area (Å²) in [4.78, 5) is 0. The van der Waals surface area contributed by atoms with Crippen molar-refractivity contribution < 1.29 is 5.11 Å². The lowest BCUT2D eigenvalue weighted by Crippen LogP contribution is -2.43. The second-order valence-electron chi connectivity index (χ2n) is 1.37. The van der Waals surface area contributed by atoms with Crippen molar-refractivity contribution in [1.82, 2.24) is 16.3 Å². The normalized spacial score (nSPS) is 8.50. The van der Waals surface area contributed by atoms with Crippen LogP contribution in [0.2, 0.25) is 0 Å². The minimum atomic E-state index is 0.0527. The summed E-state index contributed by atoms with van der Waals surface area (Å²) in [5, 5.41) is 11.9. The van der Waals surface area contributed by atoms with E-state index in [4.69, 9.17) is 5.11 Å². The van der Waals surface area contributed by atoms with Crippen LogP contribution < -0.4 is 16.3 Å². The topological polar surface area (TPSA) is 68.7 Å². The van der Waals surface area contributed by atoms with Crippen LogP contribution in [0.1, 0.15) is 0 Å². The fourth-order valence-electron chi connectivity index (χ4n) is 0.298. The molecule has 10 heavy (non-hydrogen) atoms. The average Bonchev–Trinajstić information content (AvgIpc) is 1.89. The third-order valence-electron chi connectivity index (χ3n) is 0.619. The molecule has 0 aromatic rings. The van der Waals surface area contributed by atoms with Gasteiger partial charge in [0.2, 0.25) is 5.11 Å². The predicted octanol–water partition coefficient (Wildman–Crippen LogP) is -1.44. The van der Waals surface area contributed by atoms with Gasteiger partial charge in [-0.05, 0) is 12.2 Å². The lowest BCUT2D eigenvalue weighted by atomic mass is 10.7. The van der Waals surface area contributed by atoms with Gasteiger partial charge in [0.15, 0.2) is 0 Å². The van der Waals surface area contributed by atoms with Gasteiger partial charge >= 0.3 is 0 Å². The van der Waals surface area contributed by atoms with Gasteiger partial charge in [0.25, 0.3) is 0 Å². The van der Waals surface area contributed by atoms with Gasteiger partial charge in [-0.1, -0.05) is 0 Å². The summed E-state index contributed by atoms with van der Waals surface area (Å²) in [6.45, 7) is 3.65. The zero-order chi connectivity index (χ0) is 7.82. The lowest BCUT2D eigenvalue weighted by molar-refractivity contribution is 0.289. The number of hydrazine groups is 1. The van der Waals surface area contributed by atoms with E-state index in [-0.39, 0.29) is 6.61 Å². The summed E-state index contributed by atoms with van der Waals surface area (Å²) in [5.41, 5.74) is 7.58. The first-order chi connectivity index (χ1) is 4.81. The Balaban J connectivity index is 3.13. The molecule has 0 aliphatic heterocycles. The third-order valence-corrected chi connectivity index (χ3v) is 0.813. The van der Waals surface area contributed by atoms with Crippen molar-refractivity contribution in [3.8, 4) is 0 Å². The van der Waals surface area contributed by atoms with E-state index in [1.165, 1.54) is 0 Å². The maximum atomic E-state index is 8.31. The molecule has 0 fully saturated rings. The number of hydrogen-bond donors (Lipinski definition) is 4. The highest BCUT2D eigenvalue weighted by molar-refractivity contribution is 7.80. The molecule has 0 atom stereocenters. The van der Waals surface area contributed by atoms with Crippen LogP contribution in [0.4, 0.5) is 0 Å². The van der Waals surface area contributed by atoms with Gasteiger partial charge in [-0.2, -0.15) is 5.10 Å². The van der Waals surface area contributed by atoms with Crippen LogP contribution in [0, 0.1) is 0 Å². The summed E-state index contributed by atoms with van der Waals surface area (Å²) in [6.07, 6.45) is 0. The number of aliphatic hydroxyl groups excluding tert-OH is 1. The van der Waals surface area contributed by atoms with Crippen LogP contribution in [0.25, 0.3) is 0 Å². The van der Waals surface area contributed by atoms with E-state index in [2.05, 4.69) is 40.3 Å². The van der Waals surface area contributed by atoms with Crippen LogP contribution in [0.5, 0.6) is 0 Å². The maximum absolute atomic E-state index is 8.31. The molecule has 6 heteroatoms. The Morgan fingerprint density at radius 3 is 2.90 bits per heavy atom. The summed E-state index contributed by atoms with van der Waals surface area (Å²) < 4.78 is 0. The van der Waals surface area contributed by atoms with E-state index in [0.29, 0.717) is 11.7 Å². The molecule has 4 N–H and O–H groups in total. The smallest absolute Gasteiger partial charge is 0.201 e. The second-order valence-corrected chi connectivity index (χ2v) is 1.78. The Kier molecular flexibility index (Phi) is 5.94. The molecule has 0 aliphatic rings. The summed E-state index contributed by atoms with van der Waals surface area (Å²) >= 11 is 4.67. The number of rotatable bonds is 4. The molecule has 0 unspecified atom stereocenters. The Hall–Kier alpha value is -0.720. The summed E-state index contributed by atoms with van der Waals surface area (Å²) in [7, 11) is 0. The van der Waals surface area contributed by atoms with E-state index < -0.39 is 0 Å². The van der Waals surface area contributed by atoms with Crippen molar-refractivity contribution in [2.75, 3.05) is 13.2 Å². The van der Waals surface area contributed by atoms with E-state index in [1.807, 2.05) is 0 Å². The van der Waals surface area contributed by atoms with E-state index in [0.717, 1.165) is 0 Å². The highest BCUT2D eigenvalue weighted by Crippen LogP contribution is 1.60. The number of nitrogens with zero attached hydrogens (tertiary/aromatic N) is 1. The summed E-state index contributed by atoms with van der Waals surface area (Å²) in [5.74, 6) is 0. The van der Waals surface area contributed by atoms with Crippen LogP contribution >= 0.6 is 12.2 Å². The van der Waals surface area contributed by atoms with Gasteiger partial charge in [0.1, 0.15) is 0 Å². The molecule has 0 bridgehead atoms. The standard InChI is InChI=1S/C4H10N4OS/c1-5-7-4(10)8-6-2-3-9/h6,9H,1-3H2,(H2,7,8,10). The number of nitrogens with one attached hydrogen (secondary N) is 3. The monoisotopic (exact) mass is 162 g/mol. The van der Waals surface area contributed by atoms with Gasteiger partial charge in [0.05, 0.1) is 6.61 Å². The van der Waals surface area contributed by atoms with Crippen LogP contribution in [-0.4, -0.2) is 30.1 Å². The minimum absolute atomic E-state index is 0.0527.